The highest BCUT2D eigenvalue weighted by atomic mass is 35.5. The fourth-order valence-corrected chi connectivity index (χ4v) is 3.98. The number of carbonyl (C=O) groups is 1. The number of hydrogen-bond acceptors (Lipinski definition) is 5. The third-order valence-corrected chi connectivity index (χ3v) is 5.67. The highest BCUT2D eigenvalue weighted by Crippen LogP contribution is 2.29. The summed E-state index contributed by atoms with van der Waals surface area (Å²) in [5.41, 5.74) is 3.37. The molecule has 0 saturated heterocycles. The van der Waals surface area contributed by atoms with E-state index in [0.29, 0.717) is 50.1 Å². The van der Waals surface area contributed by atoms with E-state index in [1.54, 1.807) is 48.5 Å². The van der Waals surface area contributed by atoms with Crippen molar-refractivity contribution in [3.8, 4) is 11.1 Å². The predicted octanol–water partition coefficient (Wildman–Crippen LogP) is 5.03. The minimum atomic E-state index is -0.650. The molecule has 0 radical (unpaired) electrons. The lowest BCUT2D eigenvalue weighted by atomic mass is 9.98. The number of amides is 1. The van der Waals surface area contributed by atoms with Gasteiger partial charge in [-0.1, -0.05) is 23.7 Å². The van der Waals surface area contributed by atoms with Crippen LogP contribution in [-0.2, 0) is 11.2 Å². The largest absolute Gasteiger partial charge is 0.453 e. The number of nitrogens with one attached hydrogen (secondary N) is 3. The average Bonchev–Trinajstić information content (AvgIpc) is 3.23. The van der Waals surface area contributed by atoms with Crippen molar-refractivity contribution in [3.63, 3.8) is 0 Å². The van der Waals surface area contributed by atoms with Gasteiger partial charge in [0.15, 0.2) is 0 Å². The lowest BCUT2D eigenvalue weighted by Crippen LogP contribution is -2.11. The van der Waals surface area contributed by atoms with Crippen molar-refractivity contribution in [1.29, 1.82) is 0 Å². The number of ether oxygens (including phenoxy) is 1. The van der Waals surface area contributed by atoms with Gasteiger partial charge in [0.2, 0.25) is 5.95 Å². The van der Waals surface area contributed by atoms with E-state index in [0.717, 1.165) is 5.56 Å². The molecule has 2 aromatic heterocycles. The molecule has 0 aliphatic rings. The number of aromatic amines is 2. The van der Waals surface area contributed by atoms with Gasteiger partial charge in [-0.25, -0.2) is 19.3 Å². The molecule has 5 rings (SSSR count). The number of carbonyl (C=O) groups excluding carboxylic acids is 1. The van der Waals surface area contributed by atoms with E-state index >= 15 is 0 Å². The number of imidazole rings is 1. The Morgan fingerprint density at radius 1 is 1.12 bits per heavy atom. The quantitative estimate of drug-likeness (QED) is 0.336. The molecule has 0 bridgehead atoms. The number of halogens is 2. The van der Waals surface area contributed by atoms with Crippen molar-refractivity contribution in [1.82, 2.24) is 20.2 Å². The van der Waals surface area contributed by atoms with Crippen LogP contribution in [-0.4, -0.2) is 33.4 Å². The molecule has 2 heterocycles. The van der Waals surface area contributed by atoms with E-state index in [4.69, 9.17) is 11.6 Å². The van der Waals surface area contributed by atoms with Crippen molar-refractivity contribution in [2.24, 2.45) is 0 Å². The molecule has 0 saturated carbocycles. The molecular formula is C24H17ClFN5O3. The fourth-order valence-electron chi connectivity index (χ4n) is 3.81. The van der Waals surface area contributed by atoms with Crippen LogP contribution in [0.4, 0.5) is 15.1 Å². The zero-order chi connectivity index (χ0) is 23.8. The molecule has 0 spiro atoms. The zero-order valence-electron chi connectivity index (χ0n) is 17.8. The van der Waals surface area contributed by atoms with Crippen LogP contribution in [0.25, 0.3) is 32.9 Å². The number of hydrogen-bond donors (Lipinski definition) is 3. The molecule has 8 nitrogen and oxygen atoms in total. The van der Waals surface area contributed by atoms with Crippen molar-refractivity contribution in [2.45, 2.75) is 6.42 Å². The molecule has 170 valence electrons. The summed E-state index contributed by atoms with van der Waals surface area (Å²) in [6, 6.07) is 15.0. The standard InChI is InChI=1S/C24H17ClFN5O3/c1-34-24(33)29-23-27-19-7-3-13(10-21(19)28-23)16-8-12(2-6-18(16)26)9-20-17-11-14(25)4-5-15(17)22(32)31-30-20/h2-8,10-11H,9H2,1H3,(H,31,32)(H2,27,28,29,33). The number of fused-ring (bicyclic) bond motifs is 2. The molecule has 1 amide bonds. The molecule has 0 aliphatic heterocycles. The van der Waals surface area contributed by atoms with Gasteiger partial charge < -0.3 is 9.72 Å². The van der Waals surface area contributed by atoms with Crippen molar-refractivity contribution in [2.75, 3.05) is 12.4 Å². The SMILES string of the molecule is COC(=O)Nc1nc2ccc(-c3cc(Cc4n[nH]c(=O)c5ccc(Cl)cc45)ccc3F)cc2[nH]1. The lowest BCUT2D eigenvalue weighted by molar-refractivity contribution is 0.186. The van der Waals surface area contributed by atoms with Crippen LogP contribution in [0.1, 0.15) is 11.3 Å². The summed E-state index contributed by atoms with van der Waals surface area (Å²) < 4.78 is 19.4. The van der Waals surface area contributed by atoms with Crippen LogP contribution < -0.4 is 10.9 Å². The number of methoxy groups -OCH3 is 1. The van der Waals surface area contributed by atoms with Crippen LogP contribution in [0.2, 0.25) is 5.02 Å². The number of anilines is 1. The third-order valence-electron chi connectivity index (χ3n) is 5.43. The monoisotopic (exact) mass is 477 g/mol. The maximum Gasteiger partial charge on any atom is 0.413 e. The summed E-state index contributed by atoms with van der Waals surface area (Å²) in [6.45, 7) is 0. The molecule has 5 aromatic rings. The van der Waals surface area contributed by atoms with Crippen LogP contribution in [0.15, 0.2) is 59.4 Å². The van der Waals surface area contributed by atoms with Crippen molar-refractivity contribution in [3.05, 3.63) is 87.0 Å². The molecule has 34 heavy (non-hydrogen) atoms. The number of H-pyrrole nitrogens is 2. The number of benzene rings is 3. The Labute approximate surface area is 196 Å². The van der Waals surface area contributed by atoms with Gasteiger partial charge in [0.1, 0.15) is 5.82 Å². The number of rotatable bonds is 4. The first-order valence-electron chi connectivity index (χ1n) is 10.2. The topological polar surface area (TPSA) is 113 Å². The molecule has 3 aromatic carbocycles. The Morgan fingerprint density at radius 3 is 2.79 bits per heavy atom. The third kappa shape index (κ3) is 4.08. The van der Waals surface area contributed by atoms with Crippen molar-refractivity contribution < 1.29 is 13.9 Å². The van der Waals surface area contributed by atoms with Gasteiger partial charge >= 0.3 is 6.09 Å². The van der Waals surface area contributed by atoms with Gasteiger partial charge in [-0.15, -0.1) is 0 Å². The van der Waals surface area contributed by atoms with E-state index in [2.05, 4.69) is 30.2 Å². The van der Waals surface area contributed by atoms with Gasteiger partial charge in [-0.2, -0.15) is 5.10 Å². The van der Waals surface area contributed by atoms with E-state index in [1.807, 2.05) is 0 Å². The molecule has 0 aliphatic carbocycles. The normalized spacial score (nSPS) is 11.1. The second-order valence-electron chi connectivity index (χ2n) is 7.61. The predicted molar refractivity (Wildman–Crippen MR) is 128 cm³/mol. The van der Waals surface area contributed by atoms with E-state index < -0.39 is 11.9 Å². The maximum absolute atomic E-state index is 14.8. The number of aromatic nitrogens is 4. The fraction of sp³-hybridized carbons (Fsp3) is 0.0833. The second-order valence-corrected chi connectivity index (χ2v) is 8.05. The number of nitrogens with zero attached hydrogens (tertiary/aromatic N) is 2. The summed E-state index contributed by atoms with van der Waals surface area (Å²) in [4.78, 5) is 30.8. The summed E-state index contributed by atoms with van der Waals surface area (Å²) in [7, 11) is 1.26. The van der Waals surface area contributed by atoms with Gasteiger partial charge in [-0.3, -0.25) is 10.1 Å². The van der Waals surface area contributed by atoms with Crippen LogP contribution >= 0.6 is 11.6 Å². The van der Waals surface area contributed by atoms with Gasteiger partial charge in [-0.05, 0) is 53.6 Å². The van der Waals surface area contributed by atoms with E-state index in [-0.39, 0.29) is 11.5 Å². The molecule has 10 heteroatoms. The first kappa shape index (κ1) is 21.6. The average molecular weight is 478 g/mol. The van der Waals surface area contributed by atoms with Gasteiger partial charge in [0.05, 0.1) is 29.2 Å². The first-order chi connectivity index (χ1) is 16.4. The summed E-state index contributed by atoms with van der Waals surface area (Å²) in [5.74, 6) is -0.166. The van der Waals surface area contributed by atoms with Crippen LogP contribution in [0.5, 0.6) is 0 Å². The second kappa shape index (κ2) is 8.60. The molecule has 0 fully saturated rings. The Hall–Kier alpha value is -4.24. The molecule has 3 N–H and O–H groups in total. The molecule has 0 unspecified atom stereocenters. The Kier molecular flexibility index (Phi) is 5.46. The highest BCUT2D eigenvalue weighted by molar-refractivity contribution is 6.31. The summed E-state index contributed by atoms with van der Waals surface area (Å²) >= 11 is 6.13. The Bertz CT molecular complexity index is 1630. The minimum absolute atomic E-state index is 0.225. The molecular weight excluding hydrogens is 461 g/mol. The van der Waals surface area contributed by atoms with E-state index in [1.165, 1.54) is 13.2 Å². The smallest absolute Gasteiger partial charge is 0.413 e. The van der Waals surface area contributed by atoms with Gasteiger partial charge in [0, 0.05) is 22.4 Å². The van der Waals surface area contributed by atoms with E-state index in [9.17, 15) is 14.0 Å². The molecule has 0 atom stereocenters. The highest BCUT2D eigenvalue weighted by Gasteiger charge is 2.13. The Morgan fingerprint density at radius 2 is 1.97 bits per heavy atom. The first-order valence-corrected chi connectivity index (χ1v) is 10.6. The minimum Gasteiger partial charge on any atom is -0.453 e. The van der Waals surface area contributed by atoms with Crippen LogP contribution in [0, 0.1) is 5.82 Å². The van der Waals surface area contributed by atoms with Crippen LogP contribution in [0.3, 0.4) is 0 Å². The maximum atomic E-state index is 14.8. The lowest BCUT2D eigenvalue weighted by Gasteiger charge is -2.09. The van der Waals surface area contributed by atoms with Gasteiger partial charge in [0.25, 0.3) is 5.56 Å². The summed E-state index contributed by atoms with van der Waals surface area (Å²) in [5, 5.41) is 10.8. The summed E-state index contributed by atoms with van der Waals surface area (Å²) in [6.07, 6.45) is -0.289. The van der Waals surface area contributed by atoms with Crippen molar-refractivity contribution >= 4 is 45.4 Å². The Balaban J connectivity index is 1.51. The zero-order valence-corrected chi connectivity index (χ0v) is 18.5.